The van der Waals surface area contributed by atoms with Gasteiger partial charge in [-0.2, -0.15) is 4.98 Å². The van der Waals surface area contributed by atoms with E-state index in [9.17, 15) is 4.79 Å². The van der Waals surface area contributed by atoms with Gasteiger partial charge in [0.25, 0.3) is 11.9 Å². The molecule has 6 heteroatoms. The number of aromatic nitrogens is 3. The van der Waals surface area contributed by atoms with E-state index in [1.165, 1.54) is 5.56 Å². The molecule has 2 N–H and O–H groups in total. The van der Waals surface area contributed by atoms with Gasteiger partial charge in [0.2, 0.25) is 5.95 Å². The second kappa shape index (κ2) is 8.15. The summed E-state index contributed by atoms with van der Waals surface area (Å²) >= 11 is 0. The van der Waals surface area contributed by atoms with E-state index >= 15 is 0 Å². The molecule has 0 spiro atoms. The SMILES string of the molecule is Cc1ccc(C(=O)Nc2nc3n(n2)C(c2ccc(C)cc2)C=C(c2ccccc2)N3)cc1. The van der Waals surface area contributed by atoms with Gasteiger partial charge in [-0.15, -0.1) is 5.10 Å². The lowest BCUT2D eigenvalue weighted by Crippen LogP contribution is -2.20. The lowest BCUT2D eigenvalue weighted by atomic mass is 10.0. The normalized spacial score (nSPS) is 14.8. The number of rotatable bonds is 4. The lowest BCUT2D eigenvalue weighted by Gasteiger charge is -2.24. The third-order valence-corrected chi connectivity index (χ3v) is 5.51. The molecule has 0 fully saturated rings. The molecule has 1 aliphatic heterocycles. The number of carbonyl (C=O) groups excluding carboxylic acids is 1. The predicted molar refractivity (Wildman–Crippen MR) is 127 cm³/mol. The van der Waals surface area contributed by atoms with Gasteiger partial charge in [-0.25, -0.2) is 4.68 Å². The van der Waals surface area contributed by atoms with Crippen molar-refractivity contribution in [3.63, 3.8) is 0 Å². The van der Waals surface area contributed by atoms with Crippen molar-refractivity contribution in [2.75, 3.05) is 10.6 Å². The Morgan fingerprint density at radius 1 is 0.906 bits per heavy atom. The minimum Gasteiger partial charge on any atom is -0.324 e. The summed E-state index contributed by atoms with van der Waals surface area (Å²) in [5.41, 5.74) is 5.96. The second-order valence-corrected chi connectivity index (χ2v) is 7.95. The van der Waals surface area contributed by atoms with Crippen molar-refractivity contribution in [2.45, 2.75) is 19.9 Å². The molecule has 1 aromatic heterocycles. The van der Waals surface area contributed by atoms with E-state index in [0.29, 0.717) is 11.5 Å². The van der Waals surface area contributed by atoms with Crippen molar-refractivity contribution in [1.82, 2.24) is 14.8 Å². The highest BCUT2D eigenvalue weighted by molar-refractivity contribution is 6.03. The Bertz CT molecular complexity index is 1290. The third-order valence-electron chi connectivity index (χ3n) is 5.51. The Hall–Kier alpha value is -4.19. The van der Waals surface area contributed by atoms with E-state index in [1.807, 2.05) is 41.9 Å². The highest BCUT2D eigenvalue weighted by Crippen LogP contribution is 2.33. The molecule has 0 bridgehead atoms. The molecule has 158 valence electrons. The summed E-state index contributed by atoms with van der Waals surface area (Å²) in [6, 6.07) is 25.7. The number of aryl methyl sites for hydroxylation is 2. The number of nitrogens with zero attached hydrogens (tertiary/aromatic N) is 3. The first-order chi connectivity index (χ1) is 15.6. The van der Waals surface area contributed by atoms with E-state index in [1.54, 1.807) is 12.1 Å². The zero-order valence-electron chi connectivity index (χ0n) is 17.9. The maximum absolute atomic E-state index is 12.7. The summed E-state index contributed by atoms with van der Waals surface area (Å²) in [4.78, 5) is 17.3. The number of hydrogen-bond acceptors (Lipinski definition) is 4. The van der Waals surface area contributed by atoms with Crippen LogP contribution in [0.2, 0.25) is 0 Å². The number of nitrogens with one attached hydrogen (secondary N) is 2. The number of allylic oxidation sites excluding steroid dienone is 1. The molecule has 6 nitrogen and oxygen atoms in total. The summed E-state index contributed by atoms with van der Waals surface area (Å²) in [5.74, 6) is 0.602. The Kier molecular flexibility index (Phi) is 5.03. The Morgan fingerprint density at radius 2 is 1.56 bits per heavy atom. The summed E-state index contributed by atoms with van der Waals surface area (Å²) in [5, 5.41) is 10.8. The van der Waals surface area contributed by atoms with E-state index in [-0.39, 0.29) is 17.9 Å². The smallest absolute Gasteiger partial charge is 0.258 e. The number of hydrogen-bond donors (Lipinski definition) is 2. The lowest BCUT2D eigenvalue weighted by molar-refractivity contribution is 0.102. The van der Waals surface area contributed by atoms with Gasteiger partial charge < -0.3 is 5.32 Å². The first-order valence-electron chi connectivity index (χ1n) is 10.5. The molecule has 5 rings (SSSR count). The van der Waals surface area contributed by atoms with Crippen molar-refractivity contribution in [2.24, 2.45) is 0 Å². The van der Waals surface area contributed by atoms with Crippen LogP contribution in [-0.2, 0) is 0 Å². The van der Waals surface area contributed by atoms with E-state index in [2.05, 4.69) is 70.1 Å². The van der Waals surface area contributed by atoms with Crippen LogP contribution in [0.4, 0.5) is 11.9 Å². The molecule has 1 aliphatic rings. The first kappa shape index (κ1) is 19.8. The molecular weight excluding hydrogens is 398 g/mol. The molecule has 3 aromatic carbocycles. The minimum absolute atomic E-state index is 0.153. The third kappa shape index (κ3) is 3.90. The van der Waals surface area contributed by atoms with Gasteiger partial charge in [-0.3, -0.25) is 10.1 Å². The highest BCUT2D eigenvalue weighted by Gasteiger charge is 2.26. The highest BCUT2D eigenvalue weighted by atomic mass is 16.1. The summed E-state index contributed by atoms with van der Waals surface area (Å²) < 4.78 is 1.81. The van der Waals surface area contributed by atoms with Gasteiger partial charge in [-0.05, 0) is 43.2 Å². The van der Waals surface area contributed by atoms with Crippen LogP contribution >= 0.6 is 0 Å². The maximum atomic E-state index is 12.7. The van der Waals surface area contributed by atoms with E-state index in [4.69, 9.17) is 0 Å². The van der Waals surface area contributed by atoms with Crippen molar-refractivity contribution < 1.29 is 4.79 Å². The van der Waals surface area contributed by atoms with E-state index in [0.717, 1.165) is 22.4 Å². The topological polar surface area (TPSA) is 71.8 Å². The molecule has 2 heterocycles. The summed E-state index contributed by atoms with van der Waals surface area (Å²) in [6.45, 7) is 4.05. The van der Waals surface area contributed by atoms with Crippen molar-refractivity contribution in [3.05, 3.63) is 113 Å². The number of carbonyl (C=O) groups is 1. The maximum Gasteiger partial charge on any atom is 0.258 e. The monoisotopic (exact) mass is 421 g/mol. The van der Waals surface area contributed by atoms with Gasteiger partial charge in [0.05, 0.1) is 0 Å². The number of fused-ring (bicyclic) bond motifs is 1. The minimum atomic E-state index is -0.240. The van der Waals surface area contributed by atoms with Crippen molar-refractivity contribution in [1.29, 1.82) is 0 Å². The van der Waals surface area contributed by atoms with Gasteiger partial charge in [0.15, 0.2) is 0 Å². The van der Waals surface area contributed by atoms with Crippen LogP contribution in [0.15, 0.2) is 84.9 Å². The van der Waals surface area contributed by atoms with Gasteiger partial charge in [0, 0.05) is 11.3 Å². The summed E-state index contributed by atoms with van der Waals surface area (Å²) in [7, 11) is 0. The Labute approximate surface area is 186 Å². The zero-order chi connectivity index (χ0) is 22.1. The zero-order valence-corrected chi connectivity index (χ0v) is 17.9. The molecule has 1 atom stereocenters. The van der Waals surface area contributed by atoms with Crippen LogP contribution < -0.4 is 10.6 Å². The van der Waals surface area contributed by atoms with Crippen LogP contribution in [0.5, 0.6) is 0 Å². The molecule has 32 heavy (non-hydrogen) atoms. The van der Waals surface area contributed by atoms with Crippen LogP contribution in [0.3, 0.4) is 0 Å². The molecule has 0 saturated carbocycles. The fourth-order valence-corrected chi connectivity index (χ4v) is 3.71. The van der Waals surface area contributed by atoms with Crippen LogP contribution in [-0.4, -0.2) is 20.7 Å². The first-order valence-corrected chi connectivity index (χ1v) is 10.5. The molecule has 1 amide bonds. The average molecular weight is 422 g/mol. The van der Waals surface area contributed by atoms with Gasteiger partial charge in [0.1, 0.15) is 6.04 Å². The average Bonchev–Trinajstić information content (AvgIpc) is 3.22. The summed E-state index contributed by atoms with van der Waals surface area (Å²) in [6.07, 6.45) is 2.13. The number of benzene rings is 3. The quantitative estimate of drug-likeness (QED) is 0.475. The van der Waals surface area contributed by atoms with E-state index < -0.39 is 0 Å². The van der Waals surface area contributed by atoms with Crippen LogP contribution in [0.25, 0.3) is 5.70 Å². The number of amides is 1. The molecule has 4 aromatic rings. The largest absolute Gasteiger partial charge is 0.324 e. The van der Waals surface area contributed by atoms with Crippen LogP contribution in [0.1, 0.15) is 38.7 Å². The molecule has 0 aliphatic carbocycles. The molecular formula is C26H23N5O. The van der Waals surface area contributed by atoms with Crippen LogP contribution in [0, 0.1) is 13.8 Å². The molecule has 1 unspecified atom stereocenters. The Balaban J connectivity index is 1.50. The van der Waals surface area contributed by atoms with Crippen molar-refractivity contribution >= 4 is 23.5 Å². The number of anilines is 2. The fourth-order valence-electron chi connectivity index (χ4n) is 3.71. The van der Waals surface area contributed by atoms with Gasteiger partial charge >= 0.3 is 0 Å². The van der Waals surface area contributed by atoms with Gasteiger partial charge in [-0.1, -0.05) is 77.9 Å². The second-order valence-electron chi connectivity index (χ2n) is 7.95. The fraction of sp³-hybridized carbons (Fsp3) is 0.115. The Morgan fingerprint density at radius 3 is 2.25 bits per heavy atom. The predicted octanol–water partition coefficient (Wildman–Crippen LogP) is 5.20. The molecule has 0 saturated heterocycles. The standard InChI is InChI=1S/C26H23N5O/c1-17-8-12-20(13-9-17)23-16-22(19-6-4-3-5-7-19)27-26-29-25(30-31(23)26)28-24(32)21-14-10-18(2)11-15-21/h3-16,23H,1-2H3,(H2,27,28,29,30,32). The van der Waals surface area contributed by atoms with Crippen molar-refractivity contribution in [3.8, 4) is 0 Å². The molecule has 0 radical (unpaired) electrons.